The first-order valence-electron chi connectivity index (χ1n) is 8.68. The minimum atomic E-state index is -3.27. The number of sulfone groups is 1. The van der Waals surface area contributed by atoms with E-state index in [2.05, 4.69) is 24.4 Å². The third kappa shape index (κ3) is 2.76. The zero-order chi connectivity index (χ0) is 17.6. The van der Waals surface area contributed by atoms with Crippen LogP contribution in [0.4, 0.5) is 0 Å². The number of rotatable bonds is 2. The Balaban J connectivity index is 1.61. The molecule has 1 aliphatic carbocycles. The van der Waals surface area contributed by atoms with Gasteiger partial charge >= 0.3 is 0 Å². The van der Waals surface area contributed by atoms with Crippen molar-refractivity contribution in [2.24, 2.45) is 0 Å². The van der Waals surface area contributed by atoms with Crippen LogP contribution in [0.15, 0.2) is 47.4 Å². The predicted octanol–water partition coefficient (Wildman–Crippen LogP) is 3.06. The Morgan fingerprint density at radius 2 is 1.80 bits per heavy atom. The van der Waals surface area contributed by atoms with Gasteiger partial charge in [0.1, 0.15) is 0 Å². The van der Waals surface area contributed by atoms with E-state index in [-0.39, 0.29) is 17.7 Å². The maximum Gasteiger partial charge on any atom is 0.228 e. The summed E-state index contributed by atoms with van der Waals surface area (Å²) in [4.78, 5) is 13.2. The summed E-state index contributed by atoms with van der Waals surface area (Å²) in [5.74, 6) is -0.432. The van der Waals surface area contributed by atoms with Gasteiger partial charge in [0.2, 0.25) is 5.91 Å². The molecule has 4 nitrogen and oxygen atoms in total. The van der Waals surface area contributed by atoms with Gasteiger partial charge in [-0.05, 0) is 54.5 Å². The van der Waals surface area contributed by atoms with E-state index < -0.39 is 15.8 Å². The van der Waals surface area contributed by atoms with Gasteiger partial charge < -0.3 is 5.32 Å². The molecule has 2 aromatic rings. The fourth-order valence-electron chi connectivity index (χ4n) is 4.12. The first kappa shape index (κ1) is 16.3. The van der Waals surface area contributed by atoms with Crippen molar-refractivity contribution >= 4 is 15.7 Å². The third-order valence-electron chi connectivity index (χ3n) is 5.44. The second kappa shape index (κ2) is 5.99. The fraction of sp³-hybridized carbons (Fsp3) is 0.350. The lowest BCUT2D eigenvalue weighted by Crippen LogP contribution is -2.35. The Hall–Kier alpha value is -2.14. The molecule has 5 heteroatoms. The zero-order valence-corrected chi connectivity index (χ0v) is 15.0. The van der Waals surface area contributed by atoms with Crippen molar-refractivity contribution in [3.8, 4) is 0 Å². The van der Waals surface area contributed by atoms with Gasteiger partial charge in [0, 0.05) is 0 Å². The fourth-order valence-corrected chi connectivity index (χ4v) is 5.74. The van der Waals surface area contributed by atoms with E-state index in [1.807, 2.05) is 6.07 Å². The molecule has 0 radical (unpaired) electrons. The first-order chi connectivity index (χ1) is 12.0. The number of nitrogens with one attached hydrogen (secondary N) is 1. The topological polar surface area (TPSA) is 63.2 Å². The minimum Gasteiger partial charge on any atom is -0.349 e. The lowest BCUT2D eigenvalue weighted by Gasteiger charge is -2.26. The molecule has 0 bridgehead atoms. The van der Waals surface area contributed by atoms with E-state index in [1.54, 1.807) is 24.3 Å². The number of hydrogen-bond donors (Lipinski definition) is 1. The van der Waals surface area contributed by atoms with Crippen LogP contribution >= 0.6 is 0 Å². The summed E-state index contributed by atoms with van der Waals surface area (Å²) < 4.78 is 24.5. The van der Waals surface area contributed by atoms with Crippen LogP contribution in [-0.4, -0.2) is 20.1 Å². The Morgan fingerprint density at radius 3 is 2.64 bits per heavy atom. The van der Waals surface area contributed by atoms with Crippen LogP contribution in [0.1, 0.15) is 47.1 Å². The molecule has 2 aliphatic rings. The van der Waals surface area contributed by atoms with Gasteiger partial charge in [-0.3, -0.25) is 4.79 Å². The lowest BCUT2D eigenvalue weighted by atomic mass is 9.94. The van der Waals surface area contributed by atoms with Crippen LogP contribution in [0.5, 0.6) is 0 Å². The van der Waals surface area contributed by atoms with Crippen molar-refractivity contribution in [3.05, 3.63) is 64.7 Å². The molecule has 0 aromatic heterocycles. The van der Waals surface area contributed by atoms with Gasteiger partial charge in [0.25, 0.3) is 0 Å². The number of benzene rings is 2. The summed E-state index contributed by atoms with van der Waals surface area (Å²) in [6, 6.07) is 13.1. The Labute approximate surface area is 148 Å². The number of carbonyl (C=O) groups excluding carboxylic acids is 1. The van der Waals surface area contributed by atoms with E-state index >= 15 is 0 Å². The normalized spacial score (nSPS) is 23.6. The molecule has 130 valence electrons. The van der Waals surface area contributed by atoms with Crippen molar-refractivity contribution in [2.75, 3.05) is 5.75 Å². The molecule has 1 amide bonds. The van der Waals surface area contributed by atoms with E-state index in [4.69, 9.17) is 0 Å². The highest BCUT2D eigenvalue weighted by Gasteiger charge is 2.35. The van der Waals surface area contributed by atoms with Crippen molar-refractivity contribution < 1.29 is 13.2 Å². The summed E-state index contributed by atoms with van der Waals surface area (Å²) >= 11 is 0. The number of amides is 1. The molecule has 2 unspecified atom stereocenters. The molecule has 2 aromatic carbocycles. The first-order valence-corrected chi connectivity index (χ1v) is 10.3. The van der Waals surface area contributed by atoms with Crippen LogP contribution in [0, 0.1) is 6.92 Å². The number of hydrogen-bond acceptors (Lipinski definition) is 3. The van der Waals surface area contributed by atoms with Gasteiger partial charge in [-0.2, -0.15) is 0 Å². The zero-order valence-electron chi connectivity index (χ0n) is 14.2. The molecule has 0 saturated heterocycles. The molecule has 4 rings (SSSR count). The Bertz CT molecular complexity index is 949. The van der Waals surface area contributed by atoms with Crippen molar-refractivity contribution in [1.29, 1.82) is 0 Å². The highest BCUT2D eigenvalue weighted by Crippen LogP contribution is 2.36. The smallest absolute Gasteiger partial charge is 0.228 e. The van der Waals surface area contributed by atoms with Crippen LogP contribution in [-0.2, 0) is 21.1 Å². The molecule has 0 fully saturated rings. The van der Waals surface area contributed by atoms with E-state index in [1.165, 1.54) is 16.7 Å². The third-order valence-corrected chi connectivity index (χ3v) is 7.26. The largest absolute Gasteiger partial charge is 0.349 e. The number of carbonyl (C=O) groups is 1. The van der Waals surface area contributed by atoms with Gasteiger partial charge in [0.05, 0.1) is 22.6 Å². The highest BCUT2D eigenvalue weighted by atomic mass is 32.2. The van der Waals surface area contributed by atoms with Crippen molar-refractivity contribution in [2.45, 2.75) is 43.0 Å². The SMILES string of the molecule is Cc1cccc2c1CCC2NC(=O)C1CCS(=O)(=O)c2ccccc21. The van der Waals surface area contributed by atoms with Crippen LogP contribution in [0.2, 0.25) is 0 Å². The Kier molecular flexibility index (Phi) is 3.91. The molecular weight excluding hydrogens is 334 g/mol. The van der Waals surface area contributed by atoms with Gasteiger partial charge in [0.15, 0.2) is 9.84 Å². The van der Waals surface area contributed by atoms with Crippen molar-refractivity contribution in [1.82, 2.24) is 5.32 Å². The second-order valence-electron chi connectivity index (χ2n) is 6.94. The molecule has 25 heavy (non-hydrogen) atoms. The molecule has 0 spiro atoms. The van der Waals surface area contributed by atoms with Gasteiger partial charge in [-0.1, -0.05) is 36.4 Å². The van der Waals surface area contributed by atoms with E-state index in [9.17, 15) is 13.2 Å². The second-order valence-corrected chi connectivity index (χ2v) is 9.02. The predicted molar refractivity (Wildman–Crippen MR) is 96.2 cm³/mol. The van der Waals surface area contributed by atoms with E-state index in [0.29, 0.717) is 16.9 Å². The standard InChI is InChI=1S/C20H21NO3S/c1-13-5-4-7-15-14(13)9-10-18(15)21-20(22)17-11-12-25(23,24)19-8-3-2-6-16(17)19/h2-8,17-18H,9-12H2,1H3,(H,21,22). The monoisotopic (exact) mass is 355 g/mol. The average molecular weight is 355 g/mol. The summed E-state index contributed by atoms with van der Waals surface area (Å²) in [7, 11) is -3.27. The maximum absolute atomic E-state index is 12.9. The summed E-state index contributed by atoms with van der Waals surface area (Å²) in [5.41, 5.74) is 4.43. The lowest BCUT2D eigenvalue weighted by molar-refractivity contribution is -0.123. The van der Waals surface area contributed by atoms with Gasteiger partial charge in [-0.25, -0.2) is 8.42 Å². The van der Waals surface area contributed by atoms with Crippen LogP contribution in [0.25, 0.3) is 0 Å². The molecule has 1 aliphatic heterocycles. The van der Waals surface area contributed by atoms with Gasteiger partial charge in [-0.15, -0.1) is 0 Å². The van der Waals surface area contributed by atoms with Crippen molar-refractivity contribution in [3.63, 3.8) is 0 Å². The highest BCUT2D eigenvalue weighted by molar-refractivity contribution is 7.91. The molecule has 1 N–H and O–H groups in total. The Morgan fingerprint density at radius 1 is 1.04 bits per heavy atom. The number of fused-ring (bicyclic) bond motifs is 2. The average Bonchev–Trinajstić information content (AvgIpc) is 2.99. The quantitative estimate of drug-likeness (QED) is 0.900. The molecule has 1 heterocycles. The molecular formula is C20H21NO3S. The summed E-state index contributed by atoms with van der Waals surface area (Å²) in [5, 5.41) is 3.17. The molecule has 2 atom stereocenters. The van der Waals surface area contributed by atoms with Crippen LogP contribution < -0.4 is 5.32 Å². The summed E-state index contributed by atoms with van der Waals surface area (Å²) in [6.45, 7) is 2.10. The summed E-state index contributed by atoms with van der Waals surface area (Å²) in [6.07, 6.45) is 2.22. The minimum absolute atomic E-state index is 0.0214. The maximum atomic E-state index is 12.9. The number of aryl methyl sites for hydroxylation is 1. The van der Waals surface area contributed by atoms with E-state index in [0.717, 1.165) is 12.8 Å². The molecule has 0 saturated carbocycles. The van der Waals surface area contributed by atoms with Crippen LogP contribution in [0.3, 0.4) is 0 Å².